The molecular formula is C18H13Cl2F2NO5S. The van der Waals surface area contributed by atoms with E-state index in [9.17, 15) is 22.5 Å². The fourth-order valence-corrected chi connectivity index (χ4v) is 4.23. The van der Waals surface area contributed by atoms with Crippen LogP contribution in [0.25, 0.3) is 6.08 Å². The summed E-state index contributed by atoms with van der Waals surface area (Å²) in [5.74, 6) is -0.667. The SMILES string of the molecule is COc1cc(/C=C(\C#N)S(=O)(=O)c2cc(Cl)ccc2Cl)cc(OC)c1OC(F)F. The maximum Gasteiger partial charge on any atom is 0.387 e. The minimum absolute atomic E-state index is 0.113. The number of benzene rings is 2. The molecule has 0 spiro atoms. The first-order valence-electron chi connectivity index (χ1n) is 7.66. The van der Waals surface area contributed by atoms with Gasteiger partial charge in [0.25, 0.3) is 0 Å². The zero-order valence-corrected chi connectivity index (χ0v) is 17.3. The molecule has 11 heteroatoms. The van der Waals surface area contributed by atoms with Crippen LogP contribution >= 0.6 is 23.2 Å². The Morgan fingerprint density at radius 2 is 1.72 bits per heavy atom. The highest BCUT2D eigenvalue weighted by atomic mass is 35.5. The first-order valence-corrected chi connectivity index (χ1v) is 9.90. The highest BCUT2D eigenvalue weighted by Crippen LogP contribution is 2.40. The highest BCUT2D eigenvalue weighted by molar-refractivity contribution is 7.95. The van der Waals surface area contributed by atoms with Gasteiger partial charge >= 0.3 is 6.61 Å². The standard InChI is InChI=1S/C18H13Cl2F2NO5S/c1-26-14-6-10(7-15(27-2)17(14)28-18(21)22)5-12(9-23)29(24,25)16-8-11(19)3-4-13(16)20/h3-8,18H,1-2H3/b12-5+. The van der Waals surface area contributed by atoms with Gasteiger partial charge in [0.1, 0.15) is 11.0 Å². The molecule has 0 heterocycles. The van der Waals surface area contributed by atoms with Gasteiger partial charge in [-0.25, -0.2) is 8.42 Å². The Hall–Kier alpha value is -2.54. The average molecular weight is 464 g/mol. The third kappa shape index (κ3) is 5.09. The molecule has 0 N–H and O–H groups in total. The lowest BCUT2D eigenvalue weighted by Gasteiger charge is -2.14. The summed E-state index contributed by atoms with van der Waals surface area (Å²) in [5, 5.41) is 9.41. The lowest BCUT2D eigenvalue weighted by atomic mass is 10.1. The van der Waals surface area contributed by atoms with Crippen molar-refractivity contribution in [2.24, 2.45) is 0 Å². The molecule has 0 aliphatic rings. The molecule has 0 atom stereocenters. The number of hydrogen-bond donors (Lipinski definition) is 0. The second-order valence-corrected chi connectivity index (χ2v) is 8.06. The summed E-state index contributed by atoms with van der Waals surface area (Å²) < 4.78 is 65.4. The average Bonchev–Trinajstić information content (AvgIpc) is 2.67. The van der Waals surface area contributed by atoms with Gasteiger partial charge in [-0.15, -0.1) is 0 Å². The van der Waals surface area contributed by atoms with Gasteiger partial charge in [0.15, 0.2) is 11.5 Å². The van der Waals surface area contributed by atoms with Gasteiger partial charge in [0, 0.05) is 5.02 Å². The quantitative estimate of drug-likeness (QED) is 0.539. The normalized spacial score (nSPS) is 11.9. The van der Waals surface area contributed by atoms with Crippen LogP contribution in [0, 0.1) is 11.3 Å². The molecule has 0 radical (unpaired) electrons. The molecule has 0 bridgehead atoms. The van der Waals surface area contributed by atoms with E-state index in [1.165, 1.54) is 38.5 Å². The van der Waals surface area contributed by atoms with Gasteiger partial charge in [0.05, 0.1) is 24.1 Å². The van der Waals surface area contributed by atoms with Crippen LogP contribution in [0.5, 0.6) is 17.2 Å². The van der Waals surface area contributed by atoms with Gasteiger partial charge in [-0.2, -0.15) is 14.0 Å². The van der Waals surface area contributed by atoms with Crippen molar-refractivity contribution in [2.45, 2.75) is 11.5 Å². The molecule has 0 saturated heterocycles. The molecule has 2 rings (SSSR count). The maximum absolute atomic E-state index is 12.8. The molecule has 0 fully saturated rings. The predicted octanol–water partition coefficient (Wildman–Crippen LogP) is 4.95. The third-order valence-electron chi connectivity index (χ3n) is 3.57. The number of rotatable bonds is 7. The van der Waals surface area contributed by atoms with Gasteiger partial charge in [-0.05, 0) is 42.0 Å². The number of sulfone groups is 1. The van der Waals surface area contributed by atoms with Crippen LogP contribution in [0.3, 0.4) is 0 Å². The molecule has 0 amide bonds. The number of alkyl halides is 2. The predicted molar refractivity (Wildman–Crippen MR) is 103 cm³/mol. The number of nitrogens with zero attached hydrogens (tertiary/aromatic N) is 1. The van der Waals surface area contributed by atoms with Gasteiger partial charge in [0.2, 0.25) is 15.6 Å². The molecule has 6 nitrogen and oxygen atoms in total. The monoisotopic (exact) mass is 463 g/mol. The minimum atomic E-state index is -4.32. The molecule has 0 saturated carbocycles. The minimum Gasteiger partial charge on any atom is -0.493 e. The number of hydrogen-bond acceptors (Lipinski definition) is 6. The summed E-state index contributed by atoms with van der Waals surface area (Å²) in [5.41, 5.74) is 0.124. The zero-order valence-electron chi connectivity index (χ0n) is 15.0. The third-order valence-corrected chi connectivity index (χ3v) is 5.95. The second kappa shape index (κ2) is 9.31. The number of allylic oxidation sites excluding steroid dienone is 1. The number of methoxy groups -OCH3 is 2. The molecule has 0 aliphatic heterocycles. The Morgan fingerprint density at radius 3 is 2.21 bits per heavy atom. The zero-order chi connectivity index (χ0) is 21.8. The van der Waals surface area contributed by atoms with Crippen LogP contribution in [0.4, 0.5) is 8.78 Å². The fraction of sp³-hybridized carbons (Fsp3) is 0.167. The Balaban J connectivity index is 2.64. The smallest absolute Gasteiger partial charge is 0.387 e. The Morgan fingerprint density at radius 1 is 1.14 bits per heavy atom. The van der Waals surface area contributed by atoms with E-state index in [1.807, 2.05) is 0 Å². The van der Waals surface area contributed by atoms with Crippen molar-refractivity contribution in [3.63, 3.8) is 0 Å². The lowest BCUT2D eigenvalue weighted by Crippen LogP contribution is -2.06. The summed E-state index contributed by atoms with van der Waals surface area (Å²) >= 11 is 11.8. The van der Waals surface area contributed by atoms with E-state index in [4.69, 9.17) is 32.7 Å². The van der Waals surface area contributed by atoms with Crippen molar-refractivity contribution in [3.05, 3.63) is 50.8 Å². The van der Waals surface area contributed by atoms with Crippen LogP contribution in [0.1, 0.15) is 5.56 Å². The first-order chi connectivity index (χ1) is 13.6. The van der Waals surface area contributed by atoms with Crippen LogP contribution in [0.2, 0.25) is 10.0 Å². The highest BCUT2D eigenvalue weighted by Gasteiger charge is 2.25. The van der Waals surface area contributed by atoms with Crippen LogP contribution in [-0.2, 0) is 9.84 Å². The lowest BCUT2D eigenvalue weighted by molar-refractivity contribution is -0.0526. The summed E-state index contributed by atoms with van der Waals surface area (Å²) in [7, 11) is -1.91. The van der Waals surface area contributed by atoms with Crippen LogP contribution < -0.4 is 14.2 Å². The van der Waals surface area contributed by atoms with Gasteiger partial charge in [-0.1, -0.05) is 23.2 Å². The van der Waals surface area contributed by atoms with Gasteiger partial charge in [-0.3, -0.25) is 0 Å². The van der Waals surface area contributed by atoms with E-state index in [-0.39, 0.29) is 37.8 Å². The van der Waals surface area contributed by atoms with E-state index in [0.717, 1.165) is 12.1 Å². The second-order valence-electron chi connectivity index (χ2n) is 5.33. The van der Waals surface area contributed by atoms with Crippen molar-refractivity contribution in [1.82, 2.24) is 0 Å². The maximum atomic E-state index is 12.8. The van der Waals surface area contributed by atoms with Crippen molar-refractivity contribution in [1.29, 1.82) is 5.26 Å². The van der Waals surface area contributed by atoms with E-state index in [2.05, 4.69) is 4.74 Å². The van der Waals surface area contributed by atoms with E-state index < -0.39 is 21.4 Å². The summed E-state index contributed by atoms with van der Waals surface area (Å²) in [6, 6.07) is 7.83. The fourth-order valence-electron chi connectivity index (χ4n) is 2.31. The molecule has 0 aromatic heterocycles. The number of nitriles is 1. The van der Waals surface area contributed by atoms with Crippen LogP contribution in [-0.4, -0.2) is 29.2 Å². The molecule has 154 valence electrons. The van der Waals surface area contributed by atoms with Crippen molar-refractivity contribution >= 4 is 39.1 Å². The Bertz CT molecular complexity index is 1070. The molecule has 2 aromatic carbocycles. The number of halogens is 4. The van der Waals surface area contributed by atoms with Crippen LogP contribution in [0.15, 0.2) is 40.1 Å². The molecule has 0 aliphatic carbocycles. The first kappa shape index (κ1) is 22.7. The summed E-state index contributed by atoms with van der Waals surface area (Å²) in [6.07, 6.45) is 1.02. The van der Waals surface area contributed by atoms with Gasteiger partial charge < -0.3 is 14.2 Å². The van der Waals surface area contributed by atoms with Crippen molar-refractivity contribution in [2.75, 3.05) is 14.2 Å². The van der Waals surface area contributed by atoms with Crippen molar-refractivity contribution < 1.29 is 31.4 Å². The van der Waals surface area contributed by atoms with E-state index in [0.29, 0.717) is 0 Å². The Kier molecular flexibility index (Phi) is 7.30. The summed E-state index contributed by atoms with van der Waals surface area (Å²) in [6.45, 7) is -3.14. The largest absolute Gasteiger partial charge is 0.493 e. The molecule has 0 unspecified atom stereocenters. The van der Waals surface area contributed by atoms with Crippen molar-refractivity contribution in [3.8, 4) is 23.3 Å². The van der Waals surface area contributed by atoms with E-state index >= 15 is 0 Å². The summed E-state index contributed by atoms with van der Waals surface area (Å²) in [4.78, 5) is -1.01. The molecule has 29 heavy (non-hydrogen) atoms. The molecular weight excluding hydrogens is 451 g/mol. The Labute approximate surface area is 175 Å². The van der Waals surface area contributed by atoms with E-state index in [1.54, 1.807) is 6.07 Å². The topological polar surface area (TPSA) is 85.6 Å². The number of ether oxygens (including phenoxy) is 3. The molecule has 2 aromatic rings.